The van der Waals surface area contributed by atoms with Crippen LogP contribution in [0.3, 0.4) is 0 Å². The molecule has 1 rings (SSSR count). The molecule has 1 fully saturated rings. The van der Waals surface area contributed by atoms with Crippen LogP contribution >= 0.6 is 0 Å². The van der Waals surface area contributed by atoms with Crippen LogP contribution in [0.1, 0.15) is 46.0 Å². The summed E-state index contributed by atoms with van der Waals surface area (Å²) >= 11 is 0. The molecule has 14 heavy (non-hydrogen) atoms. The zero-order valence-corrected chi connectivity index (χ0v) is 9.20. The molecular weight excluding hydrogens is 180 g/mol. The van der Waals surface area contributed by atoms with E-state index in [1.54, 1.807) is 13.8 Å². The molecule has 84 valence electrons. The van der Waals surface area contributed by atoms with Crippen LogP contribution in [0.2, 0.25) is 0 Å². The van der Waals surface area contributed by atoms with Crippen LogP contribution in [0.15, 0.2) is 0 Å². The fourth-order valence-corrected chi connectivity index (χ4v) is 1.67. The van der Waals surface area contributed by atoms with Crippen LogP contribution in [0, 0.1) is 0 Å². The summed E-state index contributed by atoms with van der Waals surface area (Å²) in [7, 11) is 0. The first-order chi connectivity index (χ1) is 6.47. The van der Waals surface area contributed by atoms with Gasteiger partial charge in [-0.05, 0) is 26.7 Å². The minimum absolute atomic E-state index is 0.366. The lowest BCUT2D eigenvalue weighted by molar-refractivity contribution is 0.0150. The SMILES string of the molecule is CC(C)(O)CC(O)CCCCC1CO1. The van der Waals surface area contributed by atoms with Crippen LogP contribution in [0.4, 0.5) is 0 Å². The van der Waals surface area contributed by atoms with Crippen molar-refractivity contribution in [3.05, 3.63) is 0 Å². The summed E-state index contributed by atoms with van der Waals surface area (Å²) < 4.78 is 5.09. The van der Waals surface area contributed by atoms with Crippen molar-refractivity contribution in [2.75, 3.05) is 6.61 Å². The Morgan fingerprint density at radius 3 is 2.57 bits per heavy atom. The van der Waals surface area contributed by atoms with Gasteiger partial charge in [0.1, 0.15) is 0 Å². The second kappa shape index (κ2) is 5.10. The van der Waals surface area contributed by atoms with E-state index in [1.165, 1.54) is 0 Å². The summed E-state index contributed by atoms with van der Waals surface area (Å²) in [4.78, 5) is 0. The lowest BCUT2D eigenvalue weighted by Crippen LogP contribution is -2.26. The van der Waals surface area contributed by atoms with Gasteiger partial charge in [0.05, 0.1) is 24.4 Å². The summed E-state index contributed by atoms with van der Waals surface area (Å²) in [5.74, 6) is 0. The maximum absolute atomic E-state index is 9.57. The van der Waals surface area contributed by atoms with Gasteiger partial charge in [0.2, 0.25) is 0 Å². The number of epoxide rings is 1. The van der Waals surface area contributed by atoms with E-state index < -0.39 is 5.60 Å². The average molecular weight is 202 g/mol. The van der Waals surface area contributed by atoms with Crippen molar-refractivity contribution in [3.63, 3.8) is 0 Å². The standard InChI is InChI=1S/C11H22O3/c1-11(2,13)7-9(12)5-3-4-6-10-8-14-10/h9-10,12-13H,3-8H2,1-2H3. The van der Waals surface area contributed by atoms with Gasteiger partial charge in [0.15, 0.2) is 0 Å². The van der Waals surface area contributed by atoms with Crippen LogP contribution < -0.4 is 0 Å². The molecule has 0 aliphatic carbocycles. The molecule has 1 heterocycles. The van der Waals surface area contributed by atoms with Crippen molar-refractivity contribution in [2.45, 2.75) is 63.8 Å². The molecule has 0 aromatic rings. The number of rotatable bonds is 7. The molecule has 2 unspecified atom stereocenters. The Labute approximate surface area is 86.1 Å². The zero-order chi connectivity index (χ0) is 10.6. The molecule has 0 bridgehead atoms. The third-order valence-corrected chi connectivity index (χ3v) is 2.45. The Kier molecular flexibility index (Phi) is 4.35. The van der Waals surface area contributed by atoms with Gasteiger partial charge in [0, 0.05) is 6.42 Å². The van der Waals surface area contributed by atoms with Gasteiger partial charge in [-0.1, -0.05) is 12.8 Å². The molecule has 1 aliphatic rings. The van der Waals surface area contributed by atoms with Gasteiger partial charge in [-0.2, -0.15) is 0 Å². The second-order valence-corrected chi connectivity index (χ2v) is 4.91. The monoisotopic (exact) mass is 202 g/mol. The quantitative estimate of drug-likeness (QED) is 0.485. The minimum atomic E-state index is -0.751. The van der Waals surface area contributed by atoms with Crippen molar-refractivity contribution < 1.29 is 14.9 Å². The molecule has 0 radical (unpaired) electrons. The molecular formula is C11H22O3. The van der Waals surface area contributed by atoms with E-state index in [0.717, 1.165) is 32.3 Å². The Morgan fingerprint density at radius 1 is 1.43 bits per heavy atom. The van der Waals surface area contributed by atoms with Gasteiger partial charge < -0.3 is 14.9 Å². The Balaban J connectivity index is 1.93. The molecule has 2 atom stereocenters. The highest BCUT2D eigenvalue weighted by atomic mass is 16.6. The summed E-state index contributed by atoms with van der Waals surface area (Å²) in [5, 5.41) is 19.0. The first kappa shape index (κ1) is 12.0. The van der Waals surface area contributed by atoms with Gasteiger partial charge >= 0.3 is 0 Å². The van der Waals surface area contributed by atoms with Crippen molar-refractivity contribution in [2.24, 2.45) is 0 Å². The lowest BCUT2D eigenvalue weighted by atomic mass is 9.97. The third-order valence-electron chi connectivity index (χ3n) is 2.45. The third kappa shape index (κ3) is 6.35. The number of aliphatic hydroxyl groups is 2. The maximum atomic E-state index is 9.57. The van der Waals surface area contributed by atoms with Crippen LogP contribution in [0.5, 0.6) is 0 Å². The molecule has 0 saturated carbocycles. The van der Waals surface area contributed by atoms with E-state index in [-0.39, 0.29) is 6.10 Å². The first-order valence-electron chi connectivity index (χ1n) is 5.49. The van der Waals surface area contributed by atoms with Crippen LogP contribution in [-0.4, -0.2) is 34.6 Å². The number of ether oxygens (including phenoxy) is 1. The predicted molar refractivity (Wildman–Crippen MR) is 55.1 cm³/mol. The molecule has 1 saturated heterocycles. The fraction of sp³-hybridized carbons (Fsp3) is 1.00. The zero-order valence-electron chi connectivity index (χ0n) is 9.20. The lowest BCUT2D eigenvalue weighted by Gasteiger charge is -2.21. The molecule has 0 aromatic heterocycles. The molecule has 3 nitrogen and oxygen atoms in total. The van der Waals surface area contributed by atoms with Gasteiger partial charge in [-0.25, -0.2) is 0 Å². The smallest absolute Gasteiger partial charge is 0.0810 e. The maximum Gasteiger partial charge on any atom is 0.0810 e. The summed E-state index contributed by atoms with van der Waals surface area (Å²) in [6, 6.07) is 0. The van der Waals surface area contributed by atoms with Crippen molar-refractivity contribution in [3.8, 4) is 0 Å². The molecule has 0 spiro atoms. The van der Waals surface area contributed by atoms with Crippen molar-refractivity contribution in [1.82, 2.24) is 0 Å². The fourth-order valence-electron chi connectivity index (χ4n) is 1.67. The van der Waals surface area contributed by atoms with Crippen molar-refractivity contribution in [1.29, 1.82) is 0 Å². The Bertz CT molecular complexity index is 158. The highest BCUT2D eigenvalue weighted by Crippen LogP contribution is 2.19. The number of aliphatic hydroxyl groups excluding tert-OH is 1. The Hall–Kier alpha value is -0.120. The van der Waals surface area contributed by atoms with Crippen molar-refractivity contribution >= 4 is 0 Å². The molecule has 3 heteroatoms. The van der Waals surface area contributed by atoms with E-state index in [0.29, 0.717) is 12.5 Å². The number of unbranched alkanes of at least 4 members (excludes halogenated alkanes) is 1. The number of hydrogen-bond acceptors (Lipinski definition) is 3. The van der Waals surface area contributed by atoms with E-state index in [2.05, 4.69) is 0 Å². The molecule has 1 aliphatic heterocycles. The highest BCUT2D eigenvalue weighted by molar-refractivity contribution is 4.72. The van der Waals surface area contributed by atoms with Crippen LogP contribution in [-0.2, 0) is 4.74 Å². The van der Waals surface area contributed by atoms with E-state index in [4.69, 9.17) is 4.74 Å². The molecule has 0 amide bonds. The topological polar surface area (TPSA) is 53.0 Å². The van der Waals surface area contributed by atoms with E-state index >= 15 is 0 Å². The average Bonchev–Trinajstić information content (AvgIpc) is 2.77. The van der Waals surface area contributed by atoms with Crippen LogP contribution in [0.25, 0.3) is 0 Å². The largest absolute Gasteiger partial charge is 0.393 e. The van der Waals surface area contributed by atoms with Gasteiger partial charge in [-0.3, -0.25) is 0 Å². The van der Waals surface area contributed by atoms with E-state index in [9.17, 15) is 10.2 Å². The second-order valence-electron chi connectivity index (χ2n) is 4.91. The van der Waals surface area contributed by atoms with Gasteiger partial charge in [0.25, 0.3) is 0 Å². The number of hydrogen-bond donors (Lipinski definition) is 2. The molecule has 2 N–H and O–H groups in total. The Morgan fingerprint density at radius 2 is 2.07 bits per heavy atom. The summed E-state index contributed by atoms with van der Waals surface area (Å²) in [6.07, 6.45) is 4.65. The summed E-state index contributed by atoms with van der Waals surface area (Å²) in [6.45, 7) is 4.38. The normalized spacial score (nSPS) is 23.6. The minimum Gasteiger partial charge on any atom is -0.393 e. The highest BCUT2D eigenvalue weighted by Gasteiger charge is 2.22. The molecule has 0 aromatic carbocycles. The van der Waals surface area contributed by atoms with Gasteiger partial charge in [-0.15, -0.1) is 0 Å². The predicted octanol–water partition coefficient (Wildman–Crippen LogP) is 1.47. The summed E-state index contributed by atoms with van der Waals surface area (Å²) in [5.41, 5.74) is -0.751. The van der Waals surface area contributed by atoms with E-state index in [1.807, 2.05) is 0 Å². The first-order valence-corrected chi connectivity index (χ1v) is 5.49.